The first-order valence-corrected chi connectivity index (χ1v) is 8.12. The lowest BCUT2D eigenvalue weighted by molar-refractivity contribution is -0.115. The van der Waals surface area contributed by atoms with Gasteiger partial charge in [0.25, 0.3) is 0 Å². The lowest BCUT2D eigenvalue weighted by atomic mass is 10.1. The van der Waals surface area contributed by atoms with Crippen LogP contribution in [-0.2, 0) is 11.2 Å². The Morgan fingerprint density at radius 3 is 2.64 bits per heavy atom. The summed E-state index contributed by atoms with van der Waals surface area (Å²) in [5.41, 5.74) is 1.92. The molecule has 25 heavy (non-hydrogen) atoms. The van der Waals surface area contributed by atoms with Gasteiger partial charge in [0.15, 0.2) is 5.82 Å². The number of anilines is 1. The molecule has 0 spiro atoms. The van der Waals surface area contributed by atoms with Crippen LogP contribution in [0.25, 0.3) is 11.4 Å². The van der Waals surface area contributed by atoms with Crippen molar-refractivity contribution in [3.63, 3.8) is 0 Å². The molecule has 1 amide bonds. The van der Waals surface area contributed by atoms with E-state index in [9.17, 15) is 9.18 Å². The zero-order chi connectivity index (χ0) is 17.2. The second-order valence-corrected chi connectivity index (χ2v) is 6.07. The normalized spacial score (nSPS) is 13.6. The minimum atomic E-state index is -0.375. The summed E-state index contributed by atoms with van der Waals surface area (Å²) >= 11 is 0. The molecule has 0 radical (unpaired) electrons. The van der Waals surface area contributed by atoms with Crippen molar-refractivity contribution in [3.05, 3.63) is 59.9 Å². The van der Waals surface area contributed by atoms with Crippen molar-refractivity contribution < 1.29 is 9.18 Å². The summed E-state index contributed by atoms with van der Waals surface area (Å²) in [5.74, 6) is 0.0901. The molecule has 1 aliphatic carbocycles. The maximum atomic E-state index is 13.6. The van der Waals surface area contributed by atoms with Crippen LogP contribution < -0.4 is 5.32 Å². The Kier molecular flexibility index (Phi) is 3.97. The van der Waals surface area contributed by atoms with Crippen molar-refractivity contribution in [3.8, 4) is 11.4 Å². The lowest BCUT2D eigenvalue weighted by Gasteiger charge is -2.07. The number of rotatable bonds is 5. The number of nitrogens with zero attached hydrogens (tertiary/aromatic N) is 4. The molecule has 0 atom stereocenters. The van der Waals surface area contributed by atoms with Gasteiger partial charge in [-0.1, -0.05) is 18.2 Å². The van der Waals surface area contributed by atoms with Crippen LogP contribution in [0.15, 0.2) is 48.5 Å². The molecule has 6 nitrogen and oxygen atoms in total. The zero-order valence-electron chi connectivity index (χ0n) is 13.4. The highest BCUT2D eigenvalue weighted by Gasteiger charge is 2.28. The number of nitrogens with one attached hydrogen (secondary N) is 1. The number of tetrazole rings is 1. The van der Waals surface area contributed by atoms with Gasteiger partial charge in [-0.25, -0.2) is 9.07 Å². The molecule has 7 heteroatoms. The molecule has 2 aromatic carbocycles. The molecule has 126 valence electrons. The average Bonchev–Trinajstić information content (AvgIpc) is 3.35. The highest BCUT2D eigenvalue weighted by Crippen LogP contribution is 2.36. The Morgan fingerprint density at radius 1 is 1.16 bits per heavy atom. The van der Waals surface area contributed by atoms with E-state index in [-0.39, 0.29) is 18.1 Å². The predicted molar refractivity (Wildman–Crippen MR) is 90.3 cm³/mol. The number of hydrogen-bond donors (Lipinski definition) is 1. The van der Waals surface area contributed by atoms with Crippen LogP contribution in [0.5, 0.6) is 0 Å². The third kappa shape index (κ3) is 3.40. The average molecular weight is 337 g/mol. The van der Waals surface area contributed by atoms with Crippen LogP contribution >= 0.6 is 0 Å². The van der Waals surface area contributed by atoms with Crippen LogP contribution in [0.4, 0.5) is 10.1 Å². The van der Waals surface area contributed by atoms with Crippen molar-refractivity contribution >= 4 is 11.6 Å². The minimum Gasteiger partial charge on any atom is -0.326 e. The summed E-state index contributed by atoms with van der Waals surface area (Å²) < 4.78 is 15.4. The Hall–Kier alpha value is -3.09. The standard InChI is InChI=1S/C18H16FN5O/c19-16-4-2-1-3-13(16)11-17(25)20-14-7-5-12(6-8-14)18-21-22-23-24(18)15-9-10-15/h1-8,15H,9-11H2,(H,20,25). The van der Waals surface area contributed by atoms with Crippen molar-refractivity contribution in [1.82, 2.24) is 20.2 Å². The predicted octanol–water partition coefficient (Wildman–Crippen LogP) is 3.00. The molecule has 1 heterocycles. The molecule has 1 saturated carbocycles. The molecule has 0 saturated heterocycles. The van der Waals surface area contributed by atoms with Gasteiger partial charge in [-0.3, -0.25) is 4.79 Å². The van der Waals surface area contributed by atoms with Gasteiger partial charge < -0.3 is 5.32 Å². The Bertz CT molecular complexity index is 902. The van der Waals surface area contributed by atoms with E-state index in [0.717, 1.165) is 24.2 Å². The molecular formula is C18H16FN5O. The fraction of sp³-hybridized carbons (Fsp3) is 0.222. The third-order valence-electron chi connectivity index (χ3n) is 4.12. The summed E-state index contributed by atoms with van der Waals surface area (Å²) in [6, 6.07) is 14.0. The molecule has 4 rings (SSSR count). The van der Waals surface area contributed by atoms with Crippen molar-refractivity contribution in [2.24, 2.45) is 0 Å². The number of aromatic nitrogens is 4. The molecule has 1 N–H and O–H groups in total. The van der Waals surface area contributed by atoms with Gasteiger partial charge in [0.05, 0.1) is 12.5 Å². The molecule has 1 aliphatic rings. The largest absolute Gasteiger partial charge is 0.326 e. The molecule has 0 aliphatic heterocycles. The van der Waals surface area contributed by atoms with Crippen molar-refractivity contribution in [1.29, 1.82) is 0 Å². The SMILES string of the molecule is O=C(Cc1ccccc1F)Nc1ccc(-c2nnnn2C2CC2)cc1. The molecular weight excluding hydrogens is 321 g/mol. The minimum absolute atomic E-state index is 0.00560. The smallest absolute Gasteiger partial charge is 0.228 e. The maximum Gasteiger partial charge on any atom is 0.228 e. The first kappa shape index (κ1) is 15.4. The van der Waals surface area contributed by atoms with Crippen molar-refractivity contribution in [2.75, 3.05) is 5.32 Å². The first-order chi connectivity index (χ1) is 12.2. The number of benzene rings is 2. The monoisotopic (exact) mass is 337 g/mol. The van der Waals surface area contributed by atoms with Gasteiger partial charge >= 0.3 is 0 Å². The number of carbonyl (C=O) groups excluding carboxylic acids is 1. The summed E-state index contributed by atoms with van der Waals surface area (Å²) in [7, 11) is 0. The highest BCUT2D eigenvalue weighted by molar-refractivity contribution is 5.92. The molecule has 0 unspecified atom stereocenters. The number of halogens is 1. The van der Waals surface area contributed by atoms with E-state index in [1.54, 1.807) is 30.3 Å². The molecule has 1 aromatic heterocycles. The van der Waals surface area contributed by atoms with E-state index in [1.165, 1.54) is 6.07 Å². The van der Waals surface area contributed by atoms with E-state index in [1.807, 2.05) is 16.8 Å². The van der Waals surface area contributed by atoms with Crippen molar-refractivity contribution in [2.45, 2.75) is 25.3 Å². The van der Waals surface area contributed by atoms with Gasteiger partial charge in [0.2, 0.25) is 5.91 Å². The van der Waals surface area contributed by atoms with Crippen LogP contribution in [0.3, 0.4) is 0 Å². The topological polar surface area (TPSA) is 72.7 Å². The second kappa shape index (κ2) is 6.43. The molecule has 1 fully saturated rings. The van der Waals surface area contributed by atoms with Crippen LogP contribution in [0.1, 0.15) is 24.4 Å². The van der Waals surface area contributed by atoms with E-state index >= 15 is 0 Å². The van der Waals surface area contributed by atoms with E-state index in [4.69, 9.17) is 0 Å². The fourth-order valence-electron chi connectivity index (χ4n) is 2.67. The van der Waals surface area contributed by atoms with Crippen LogP contribution in [0, 0.1) is 5.82 Å². The van der Waals surface area contributed by atoms with Crippen LogP contribution in [-0.4, -0.2) is 26.1 Å². The number of amides is 1. The fourth-order valence-corrected chi connectivity index (χ4v) is 2.67. The summed E-state index contributed by atoms with van der Waals surface area (Å²) in [6.07, 6.45) is 2.19. The number of carbonyl (C=O) groups is 1. The maximum absolute atomic E-state index is 13.6. The van der Waals surface area contributed by atoms with Gasteiger partial charge in [-0.2, -0.15) is 0 Å². The summed E-state index contributed by atoms with van der Waals surface area (Å²) in [6.45, 7) is 0. The Labute approximate surface area is 143 Å². The summed E-state index contributed by atoms with van der Waals surface area (Å²) in [5, 5.41) is 14.6. The lowest BCUT2D eigenvalue weighted by Crippen LogP contribution is -2.15. The Morgan fingerprint density at radius 2 is 1.92 bits per heavy atom. The highest BCUT2D eigenvalue weighted by atomic mass is 19.1. The second-order valence-electron chi connectivity index (χ2n) is 6.07. The third-order valence-corrected chi connectivity index (χ3v) is 4.12. The quantitative estimate of drug-likeness (QED) is 0.777. The number of hydrogen-bond acceptors (Lipinski definition) is 4. The van der Waals surface area contributed by atoms with Gasteiger partial charge in [-0.05, 0) is 59.2 Å². The van der Waals surface area contributed by atoms with Crippen LogP contribution in [0.2, 0.25) is 0 Å². The van der Waals surface area contributed by atoms with Gasteiger partial charge in [0, 0.05) is 11.3 Å². The Balaban J connectivity index is 1.44. The van der Waals surface area contributed by atoms with Gasteiger partial charge in [0.1, 0.15) is 5.82 Å². The first-order valence-electron chi connectivity index (χ1n) is 8.12. The zero-order valence-corrected chi connectivity index (χ0v) is 13.4. The molecule has 0 bridgehead atoms. The van der Waals surface area contributed by atoms with E-state index < -0.39 is 0 Å². The molecule has 3 aromatic rings. The summed E-state index contributed by atoms with van der Waals surface area (Å²) in [4.78, 5) is 12.1. The van der Waals surface area contributed by atoms with E-state index in [2.05, 4.69) is 20.8 Å². The van der Waals surface area contributed by atoms with E-state index in [0.29, 0.717) is 17.3 Å². The van der Waals surface area contributed by atoms with Gasteiger partial charge in [-0.15, -0.1) is 5.10 Å².